The molecule has 2 N–H and O–H groups in total. The number of aliphatic hydroxyl groups is 1. The Balaban J connectivity index is 1.15. The highest BCUT2D eigenvalue weighted by Crippen LogP contribution is 2.45. The van der Waals surface area contributed by atoms with Crippen LogP contribution in [0.5, 0.6) is 11.8 Å². The second-order valence-electron chi connectivity index (χ2n) is 14.7. The van der Waals surface area contributed by atoms with Crippen LogP contribution in [-0.4, -0.2) is 81.9 Å². The van der Waals surface area contributed by atoms with Crippen LogP contribution in [0.25, 0.3) is 22.4 Å². The second-order valence-corrected chi connectivity index (χ2v) is 15.1. The zero-order valence-corrected chi connectivity index (χ0v) is 30.6. The molecule has 2 aromatic heterocycles. The highest BCUT2D eigenvalue weighted by atomic mass is 35.5. The lowest BCUT2D eigenvalue weighted by Gasteiger charge is -2.44. The van der Waals surface area contributed by atoms with Crippen LogP contribution in [0.15, 0.2) is 54.6 Å². The number of β-amino-alcohol motifs (C(OH)–C–C–N with tert-alkyl or cyclic N) is 1. The standard InChI is InChI=1S/C40H42ClF3N4O5/c1-39(51)21-48(22-39)18-24-11-13-33(45-36(24)52-2)31-9-5-8-30(35(31)41)28-7-4-6-27-23(10-12-29(27)28)17-34-32(40(42,43)44)16-26(37(46-34)53-3)20-47-15-14-25(19-47)38(49)50/h4-9,11,13,16,23,25,51H,10,12,14-15,17-22H2,1-3H3,(H,49,50)/t23-,25-/m1/s1. The summed E-state index contributed by atoms with van der Waals surface area (Å²) < 4.78 is 54.9. The molecule has 2 saturated heterocycles. The Bertz CT molecular complexity index is 2030. The molecule has 2 atom stereocenters. The number of benzene rings is 2. The lowest BCUT2D eigenvalue weighted by molar-refractivity contribution is -0.141. The van der Waals surface area contributed by atoms with Gasteiger partial charge < -0.3 is 19.7 Å². The fourth-order valence-electron chi connectivity index (χ4n) is 8.25. The molecule has 2 aliphatic heterocycles. The Morgan fingerprint density at radius 3 is 2.30 bits per heavy atom. The summed E-state index contributed by atoms with van der Waals surface area (Å²) >= 11 is 7.13. The molecule has 13 heteroatoms. The fraction of sp³-hybridized carbons (Fsp3) is 0.425. The van der Waals surface area contributed by atoms with E-state index in [0.717, 1.165) is 39.4 Å². The number of hydrogen-bond acceptors (Lipinski definition) is 8. The van der Waals surface area contributed by atoms with Gasteiger partial charge in [0.05, 0.1) is 47.7 Å². The molecule has 0 radical (unpaired) electrons. The fourth-order valence-corrected chi connectivity index (χ4v) is 8.57. The number of ether oxygens (including phenoxy) is 2. The summed E-state index contributed by atoms with van der Waals surface area (Å²) in [7, 11) is 2.97. The number of nitrogens with zero attached hydrogens (tertiary/aromatic N) is 4. The van der Waals surface area contributed by atoms with E-state index in [1.165, 1.54) is 7.11 Å². The predicted octanol–water partition coefficient (Wildman–Crippen LogP) is 7.25. The Kier molecular flexibility index (Phi) is 10.2. The van der Waals surface area contributed by atoms with Crippen molar-refractivity contribution in [2.75, 3.05) is 40.4 Å². The van der Waals surface area contributed by atoms with E-state index in [4.69, 9.17) is 26.1 Å². The Hall–Kier alpha value is -4.23. The number of rotatable bonds is 11. The summed E-state index contributed by atoms with van der Waals surface area (Å²) in [5.41, 5.74) is 4.75. The smallest absolute Gasteiger partial charge is 0.418 e. The SMILES string of the molecule is COc1nc(-c2cccc(-c3cccc4c3CC[C@@H]4Cc3nc(OC)c(CN4CC[C@@H](C(=O)O)C4)cc3C(F)(F)F)c2Cl)ccc1CN1CC(C)(O)C1. The van der Waals surface area contributed by atoms with Crippen molar-refractivity contribution in [3.63, 3.8) is 0 Å². The van der Waals surface area contributed by atoms with E-state index in [-0.39, 0.29) is 42.6 Å². The number of pyridine rings is 2. The van der Waals surface area contributed by atoms with Gasteiger partial charge in [-0.2, -0.15) is 13.2 Å². The number of methoxy groups -OCH3 is 2. The van der Waals surface area contributed by atoms with Gasteiger partial charge in [-0.25, -0.2) is 9.97 Å². The van der Waals surface area contributed by atoms with Crippen molar-refractivity contribution >= 4 is 17.6 Å². The van der Waals surface area contributed by atoms with Gasteiger partial charge in [-0.05, 0) is 73.9 Å². The largest absolute Gasteiger partial charge is 0.481 e. The molecule has 4 aromatic rings. The molecule has 9 nitrogen and oxygen atoms in total. The number of alkyl halides is 3. The molecule has 2 fully saturated rings. The topological polar surface area (TPSA) is 108 Å². The first-order chi connectivity index (χ1) is 25.2. The van der Waals surface area contributed by atoms with E-state index in [1.54, 1.807) is 7.11 Å². The van der Waals surface area contributed by atoms with E-state index < -0.39 is 29.2 Å². The zero-order valence-electron chi connectivity index (χ0n) is 29.8. The number of carboxylic acid groups (broad SMARTS) is 1. The third-order valence-electron chi connectivity index (χ3n) is 10.7. The van der Waals surface area contributed by atoms with Gasteiger partial charge in [0.1, 0.15) is 0 Å². The van der Waals surface area contributed by atoms with Crippen molar-refractivity contribution < 1.29 is 37.7 Å². The third kappa shape index (κ3) is 7.60. The number of aliphatic carboxylic acids is 1. The van der Waals surface area contributed by atoms with Gasteiger partial charge in [0.15, 0.2) is 0 Å². The molecule has 3 aliphatic rings. The molecule has 280 valence electrons. The van der Waals surface area contributed by atoms with Crippen LogP contribution in [0, 0.1) is 5.92 Å². The number of halogens is 4. The van der Waals surface area contributed by atoms with Crippen LogP contribution in [0.4, 0.5) is 13.2 Å². The average molecular weight is 751 g/mol. The van der Waals surface area contributed by atoms with Crippen LogP contribution in [0.1, 0.15) is 59.2 Å². The van der Waals surface area contributed by atoms with Crippen LogP contribution in [-0.2, 0) is 36.9 Å². The van der Waals surface area contributed by atoms with E-state index in [1.807, 2.05) is 60.4 Å². The molecule has 4 heterocycles. The minimum Gasteiger partial charge on any atom is -0.481 e. The number of fused-ring (bicyclic) bond motifs is 1. The van der Waals surface area contributed by atoms with E-state index in [0.29, 0.717) is 62.0 Å². The van der Waals surface area contributed by atoms with Crippen LogP contribution in [0.2, 0.25) is 5.02 Å². The molecule has 2 aromatic carbocycles. The number of aromatic nitrogens is 2. The van der Waals surface area contributed by atoms with Crippen LogP contribution >= 0.6 is 11.6 Å². The van der Waals surface area contributed by atoms with Gasteiger partial charge in [-0.15, -0.1) is 0 Å². The monoisotopic (exact) mass is 750 g/mol. The summed E-state index contributed by atoms with van der Waals surface area (Å²) in [6.07, 6.45) is -2.82. The van der Waals surface area contributed by atoms with Crippen molar-refractivity contribution in [3.05, 3.63) is 93.1 Å². The Labute approximate surface area is 311 Å². The average Bonchev–Trinajstić information content (AvgIpc) is 3.75. The van der Waals surface area contributed by atoms with Gasteiger partial charge in [0.2, 0.25) is 11.8 Å². The minimum atomic E-state index is -4.64. The quantitative estimate of drug-likeness (QED) is 0.164. The molecule has 53 heavy (non-hydrogen) atoms. The number of carbonyl (C=O) groups is 1. The summed E-state index contributed by atoms with van der Waals surface area (Å²) in [4.78, 5) is 24.6. The van der Waals surface area contributed by atoms with Gasteiger partial charge in [-0.3, -0.25) is 14.6 Å². The van der Waals surface area contributed by atoms with Gasteiger partial charge in [0.25, 0.3) is 0 Å². The number of hydrogen-bond donors (Lipinski definition) is 2. The molecule has 0 saturated carbocycles. The normalized spacial score (nSPS) is 19.9. The summed E-state index contributed by atoms with van der Waals surface area (Å²) in [5.74, 6) is -1.06. The number of likely N-dealkylation sites (tertiary alicyclic amines) is 2. The predicted molar refractivity (Wildman–Crippen MR) is 194 cm³/mol. The highest BCUT2D eigenvalue weighted by Gasteiger charge is 2.39. The molecular weight excluding hydrogens is 709 g/mol. The van der Waals surface area contributed by atoms with Crippen LogP contribution in [0.3, 0.4) is 0 Å². The van der Waals surface area contributed by atoms with Crippen molar-refractivity contribution in [2.24, 2.45) is 5.92 Å². The summed E-state index contributed by atoms with van der Waals surface area (Å²) in [5, 5.41) is 20.0. The van der Waals surface area contributed by atoms with Crippen molar-refractivity contribution in [1.29, 1.82) is 0 Å². The van der Waals surface area contributed by atoms with E-state index in [9.17, 15) is 28.2 Å². The second kappa shape index (κ2) is 14.5. The molecule has 7 rings (SSSR count). The third-order valence-corrected chi connectivity index (χ3v) is 11.1. The van der Waals surface area contributed by atoms with Crippen LogP contribution < -0.4 is 9.47 Å². The first kappa shape index (κ1) is 37.1. The molecule has 0 amide bonds. The van der Waals surface area contributed by atoms with E-state index >= 15 is 0 Å². The maximum atomic E-state index is 14.6. The lowest BCUT2D eigenvalue weighted by Crippen LogP contribution is -2.59. The van der Waals surface area contributed by atoms with Gasteiger partial charge in [-0.1, -0.05) is 54.1 Å². The Morgan fingerprint density at radius 2 is 1.62 bits per heavy atom. The molecular formula is C40H42ClF3N4O5. The molecule has 0 bridgehead atoms. The van der Waals surface area contributed by atoms with Gasteiger partial charge in [0, 0.05) is 55.0 Å². The maximum Gasteiger partial charge on any atom is 0.418 e. The zero-order chi connectivity index (χ0) is 37.7. The molecule has 1 aliphatic carbocycles. The van der Waals surface area contributed by atoms with Gasteiger partial charge >= 0.3 is 12.1 Å². The highest BCUT2D eigenvalue weighted by molar-refractivity contribution is 6.36. The summed E-state index contributed by atoms with van der Waals surface area (Å²) in [6, 6.07) is 16.7. The first-order valence-electron chi connectivity index (χ1n) is 17.7. The van der Waals surface area contributed by atoms with Crippen molar-refractivity contribution in [3.8, 4) is 34.1 Å². The van der Waals surface area contributed by atoms with E-state index in [2.05, 4.69) is 9.88 Å². The number of carboxylic acids is 1. The lowest BCUT2D eigenvalue weighted by atomic mass is 9.90. The maximum absolute atomic E-state index is 14.6. The van der Waals surface area contributed by atoms with Crippen molar-refractivity contribution in [2.45, 2.75) is 63.4 Å². The Morgan fingerprint density at radius 1 is 0.943 bits per heavy atom. The first-order valence-corrected chi connectivity index (χ1v) is 18.1. The molecule has 0 unspecified atom stereocenters. The summed E-state index contributed by atoms with van der Waals surface area (Å²) in [6.45, 7) is 4.41. The minimum absolute atomic E-state index is 0.0748. The van der Waals surface area contributed by atoms with Crippen molar-refractivity contribution in [1.82, 2.24) is 19.8 Å². The molecule has 0 spiro atoms.